The minimum atomic E-state index is 0.261. The van der Waals surface area contributed by atoms with Crippen molar-refractivity contribution < 1.29 is 9.47 Å². The number of nitrogens with one attached hydrogen (secondary N) is 1. The zero-order valence-electron chi connectivity index (χ0n) is 13.2. The highest BCUT2D eigenvalue weighted by atomic mass is 16.5. The Morgan fingerprint density at radius 1 is 0.950 bits per heavy atom. The molecular formula is C17H29NO2. The van der Waals surface area contributed by atoms with Crippen LogP contribution >= 0.6 is 0 Å². The molecule has 3 nitrogen and oxygen atoms in total. The molecule has 0 aliphatic heterocycles. The zero-order chi connectivity index (χ0) is 14.6. The van der Waals surface area contributed by atoms with Crippen molar-refractivity contribution in [2.75, 3.05) is 33.0 Å². The summed E-state index contributed by atoms with van der Waals surface area (Å²) in [5.74, 6) is 0. The van der Waals surface area contributed by atoms with Crippen molar-refractivity contribution in [3.63, 3.8) is 0 Å². The lowest BCUT2D eigenvalue weighted by Crippen LogP contribution is -2.26. The molecule has 1 rings (SSSR count). The second-order valence-electron chi connectivity index (χ2n) is 4.89. The minimum Gasteiger partial charge on any atom is -0.379 e. The van der Waals surface area contributed by atoms with Crippen molar-refractivity contribution in [3.8, 4) is 0 Å². The lowest BCUT2D eigenvalue weighted by molar-refractivity contribution is 0.0393. The third-order valence-electron chi connectivity index (χ3n) is 3.25. The maximum atomic E-state index is 5.72. The first-order valence-electron chi connectivity index (χ1n) is 7.79. The van der Waals surface area contributed by atoms with Crippen LogP contribution in [0.3, 0.4) is 0 Å². The monoisotopic (exact) mass is 279 g/mol. The van der Waals surface area contributed by atoms with Gasteiger partial charge in [0.15, 0.2) is 0 Å². The molecule has 0 aliphatic carbocycles. The van der Waals surface area contributed by atoms with Crippen molar-refractivity contribution >= 4 is 0 Å². The third-order valence-corrected chi connectivity index (χ3v) is 3.25. The van der Waals surface area contributed by atoms with Crippen LogP contribution in [0, 0.1) is 0 Å². The molecular weight excluding hydrogens is 250 g/mol. The second kappa shape index (κ2) is 10.8. The fourth-order valence-electron chi connectivity index (χ4n) is 2.07. The maximum Gasteiger partial charge on any atom is 0.0701 e. The van der Waals surface area contributed by atoms with Gasteiger partial charge in [-0.05, 0) is 30.5 Å². The van der Waals surface area contributed by atoms with Gasteiger partial charge in [0.2, 0.25) is 0 Å². The first-order chi connectivity index (χ1) is 9.81. The van der Waals surface area contributed by atoms with Gasteiger partial charge in [-0.3, -0.25) is 0 Å². The summed E-state index contributed by atoms with van der Waals surface area (Å²) in [7, 11) is 0. The van der Waals surface area contributed by atoms with E-state index in [2.05, 4.69) is 50.4 Å². The third kappa shape index (κ3) is 6.51. The fourth-order valence-corrected chi connectivity index (χ4v) is 2.07. The van der Waals surface area contributed by atoms with E-state index in [1.54, 1.807) is 0 Å². The standard InChI is InChI=1S/C17H29NO2/c1-4-11-19-12-13-20-14-17(18-6-3)16-9-7-15(5-2)8-10-16/h7-10,17-18H,4-6,11-14H2,1-3H3. The van der Waals surface area contributed by atoms with Crippen LogP contribution in [0.5, 0.6) is 0 Å². The summed E-state index contributed by atoms with van der Waals surface area (Å²) in [5.41, 5.74) is 2.66. The Morgan fingerprint density at radius 2 is 1.65 bits per heavy atom. The molecule has 0 saturated carbocycles. The molecule has 0 bridgehead atoms. The Balaban J connectivity index is 2.38. The molecule has 20 heavy (non-hydrogen) atoms. The van der Waals surface area contributed by atoms with Gasteiger partial charge in [-0.1, -0.05) is 45.0 Å². The first kappa shape index (κ1) is 17.2. The van der Waals surface area contributed by atoms with E-state index in [9.17, 15) is 0 Å². The molecule has 0 radical (unpaired) electrons. The van der Waals surface area contributed by atoms with Gasteiger partial charge in [-0.25, -0.2) is 0 Å². The average Bonchev–Trinajstić information content (AvgIpc) is 2.50. The predicted molar refractivity (Wildman–Crippen MR) is 84.2 cm³/mol. The van der Waals surface area contributed by atoms with Gasteiger partial charge in [0.1, 0.15) is 0 Å². The van der Waals surface area contributed by atoms with Crippen LogP contribution in [0.15, 0.2) is 24.3 Å². The highest BCUT2D eigenvalue weighted by Crippen LogP contribution is 2.15. The van der Waals surface area contributed by atoms with E-state index in [4.69, 9.17) is 9.47 Å². The first-order valence-corrected chi connectivity index (χ1v) is 7.79. The molecule has 0 spiro atoms. The van der Waals surface area contributed by atoms with Crippen LogP contribution in [-0.2, 0) is 15.9 Å². The summed E-state index contributed by atoms with van der Waals surface area (Å²) in [4.78, 5) is 0. The minimum absolute atomic E-state index is 0.261. The maximum absolute atomic E-state index is 5.72. The molecule has 0 aliphatic rings. The summed E-state index contributed by atoms with van der Waals surface area (Å²) in [6, 6.07) is 9.05. The van der Waals surface area contributed by atoms with Crippen LogP contribution in [0.1, 0.15) is 44.4 Å². The number of rotatable bonds is 11. The van der Waals surface area contributed by atoms with E-state index in [0.717, 1.165) is 26.0 Å². The number of ether oxygens (including phenoxy) is 2. The summed E-state index contributed by atoms with van der Waals surface area (Å²) in [6.07, 6.45) is 2.14. The Bertz CT molecular complexity index is 337. The quantitative estimate of drug-likeness (QED) is 0.630. The fraction of sp³-hybridized carbons (Fsp3) is 0.647. The van der Waals surface area contributed by atoms with Crippen molar-refractivity contribution in [3.05, 3.63) is 35.4 Å². The number of aryl methyl sites for hydroxylation is 1. The van der Waals surface area contributed by atoms with Gasteiger partial charge < -0.3 is 14.8 Å². The molecule has 1 atom stereocenters. The van der Waals surface area contributed by atoms with Gasteiger partial charge in [0.05, 0.1) is 25.9 Å². The molecule has 1 aromatic rings. The molecule has 0 saturated heterocycles. The molecule has 3 heteroatoms. The van der Waals surface area contributed by atoms with Crippen molar-refractivity contribution in [2.45, 2.75) is 39.7 Å². The Kier molecular flexibility index (Phi) is 9.29. The van der Waals surface area contributed by atoms with Gasteiger partial charge in [-0.2, -0.15) is 0 Å². The SMILES string of the molecule is CCCOCCOCC(NCC)c1ccc(CC)cc1. The molecule has 0 amide bonds. The molecule has 114 valence electrons. The normalized spacial score (nSPS) is 12.6. The van der Waals surface area contributed by atoms with Crippen molar-refractivity contribution in [1.82, 2.24) is 5.32 Å². The van der Waals surface area contributed by atoms with Gasteiger partial charge in [0, 0.05) is 6.61 Å². The van der Waals surface area contributed by atoms with Crippen LogP contribution < -0.4 is 5.32 Å². The van der Waals surface area contributed by atoms with E-state index >= 15 is 0 Å². The lowest BCUT2D eigenvalue weighted by atomic mass is 10.0. The van der Waals surface area contributed by atoms with E-state index in [0.29, 0.717) is 19.8 Å². The molecule has 1 aromatic carbocycles. The van der Waals surface area contributed by atoms with Crippen LogP contribution in [0.4, 0.5) is 0 Å². The summed E-state index contributed by atoms with van der Waals surface area (Å²) < 4.78 is 11.1. The highest BCUT2D eigenvalue weighted by molar-refractivity contribution is 5.25. The largest absolute Gasteiger partial charge is 0.379 e. The number of hydrogen-bond donors (Lipinski definition) is 1. The smallest absolute Gasteiger partial charge is 0.0701 e. The summed E-state index contributed by atoms with van der Waals surface area (Å²) in [5, 5.41) is 3.47. The molecule has 0 aromatic heterocycles. The number of benzene rings is 1. The van der Waals surface area contributed by atoms with Crippen molar-refractivity contribution in [2.24, 2.45) is 0 Å². The van der Waals surface area contributed by atoms with Crippen molar-refractivity contribution in [1.29, 1.82) is 0 Å². The van der Waals surface area contributed by atoms with E-state index in [1.165, 1.54) is 11.1 Å². The van der Waals surface area contributed by atoms with Crippen LogP contribution in [0.25, 0.3) is 0 Å². The zero-order valence-corrected chi connectivity index (χ0v) is 13.2. The van der Waals surface area contributed by atoms with E-state index in [1.807, 2.05) is 0 Å². The van der Waals surface area contributed by atoms with E-state index in [-0.39, 0.29) is 6.04 Å². The van der Waals surface area contributed by atoms with Crippen LogP contribution in [0.2, 0.25) is 0 Å². The number of likely N-dealkylation sites (N-methyl/N-ethyl adjacent to an activating group) is 1. The Morgan fingerprint density at radius 3 is 2.25 bits per heavy atom. The molecule has 1 unspecified atom stereocenters. The average molecular weight is 279 g/mol. The van der Waals surface area contributed by atoms with Gasteiger partial charge in [-0.15, -0.1) is 0 Å². The Labute approximate surface area is 123 Å². The van der Waals surface area contributed by atoms with Gasteiger partial charge >= 0.3 is 0 Å². The molecule has 0 fully saturated rings. The topological polar surface area (TPSA) is 30.5 Å². The summed E-state index contributed by atoms with van der Waals surface area (Å²) >= 11 is 0. The lowest BCUT2D eigenvalue weighted by Gasteiger charge is -2.19. The summed E-state index contributed by atoms with van der Waals surface area (Å²) in [6.45, 7) is 10.2. The highest BCUT2D eigenvalue weighted by Gasteiger charge is 2.10. The second-order valence-corrected chi connectivity index (χ2v) is 4.89. The van der Waals surface area contributed by atoms with E-state index < -0.39 is 0 Å². The molecule has 0 heterocycles. The van der Waals surface area contributed by atoms with Gasteiger partial charge in [0.25, 0.3) is 0 Å². The Hall–Kier alpha value is -0.900. The predicted octanol–water partition coefficient (Wildman–Crippen LogP) is 3.34. The van der Waals surface area contributed by atoms with Crippen LogP contribution in [-0.4, -0.2) is 33.0 Å². The number of hydrogen-bond acceptors (Lipinski definition) is 3. The molecule has 1 N–H and O–H groups in total.